The SMILES string of the molecule is O=Cc1ccc(-c2cnc(Cl)c3c2CC=C3)cc1. The molecule has 0 bridgehead atoms. The molecule has 1 aromatic heterocycles. The summed E-state index contributed by atoms with van der Waals surface area (Å²) in [5.74, 6) is 0. The number of rotatable bonds is 2. The Labute approximate surface area is 110 Å². The van der Waals surface area contributed by atoms with Gasteiger partial charge in [-0.1, -0.05) is 48.0 Å². The van der Waals surface area contributed by atoms with Crippen molar-refractivity contribution in [3.63, 3.8) is 0 Å². The van der Waals surface area contributed by atoms with Crippen molar-refractivity contribution in [3.05, 3.63) is 58.4 Å². The molecule has 0 saturated carbocycles. The number of hydrogen-bond acceptors (Lipinski definition) is 2. The van der Waals surface area contributed by atoms with Crippen LogP contribution in [0.4, 0.5) is 0 Å². The van der Waals surface area contributed by atoms with Gasteiger partial charge in [-0.3, -0.25) is 4.79 Å². The Morgan fingerprint density at radius 1 is 1.22 bits per heavy atom. The van der Waals surface area contributed by atoms with Crippen LogP contribution in [0.5, 0.6) is 0 Å². The van der Waals surface area contributed by atoms with E-state index in [-0.39, 0.29) is 0 Å². The van der Waals surface area contributed by atoms with Gasteiger partial charge in [0.05, 0.1) is 0 Å². The maximum absolute atomic E-state index is 10.6. The number of halogens is 1. The molecule has 0 unspecified atom stereocenters. The Morgan fingerprint density at radius 2 is 2.00 bits per heavy atom. The monoisotopic (exact) mass is 255 g/mol. The van der Waals surface area contributed by atoms with Crippen molar-refractivity contribution < 1.29 is 4.79 Å². The molecule has 0 aliphatic heterocycles. The Kier molecular flexibility index (Phi) is 2.73. The van der Waals surface area contributed by atoms with Gasteiger partial charge in [-0.15, -0.1) is 0 Å². The normalized spacial score (nSPS) is 12.5. The second kappa shape index (κ2) is 4.39. The summed E-state index contributed by atoms with van der Waals surface area (Å²) >= 11 is 6.07. The lowest BCUT2D eigenvalue weighted by molar-refractivity contribution is 0.112. The molecule has 88 valence electrons. The summed E-state index contributed by atoms with van der Waals surface area (Å²) < 4.78 is 0. The van der Waals surface area contributed by atoms with Crippen molar-refractivity contribution in [3.8, 4) is 11.1 Å². The number of nitrogens with zero attached hydrogens (tertiary/aromatic N) is 1. The summed E-state index contributed by atoms with van der Waals surface area (Å²) in [4.78, 5) is 14.9. The lowest BCUT2D eigenvalue weighted by Crippen LogP contribution is -1.92. The molecule has 0 saturated heterocycles. The van der Waals surface area contributed by atoms with Gasteiger partial charge in [0.2, 0.25) is 0 Å². The number of fused-ring (bicyclic) bond motifs is 1. The third-order valence-corrected chi connectivity index (χ3v) is 3.44. The fourth-order valence-electron chi connectivity index (χ4n) is 2.21. The van der Waals surface area contributed by atoms with Crippen LogP contribution in [0.15, 0.2) is 36.5 Å². The predicted molar refractivity (Wildman–Crippen MR) is 72.8 cm³/mol. The lowest BCUT2D eigenvalue weighted by Gasteiger charge is -2.09. The average molecular weight is 256 g/mol. The van der Waals surface area contributed by atoms with Gasteiger partial charge in [0, 0.05) is 22.9 Å². The van der Waals surface area contributed by atoms with Crippen LogP contribution < -0.4 is 0 Å². The topological polar surface area (TPSA) is 30.0 Å². The highest BCUT2D eigenvalue weighted by Gasteiger charge is 2.15. The molecule has 0 atom stereocenters. The molecule has 0 spiro atoms. The maximum atomic E-state index is 10.6. The van der Waals surface area contributed by atoms with E-state index < -0.39 is 0 Å². The number of aromatic nitrogens is 1. The summed E-state index contributed by atoms with van der Waals surface area (Å²) in [7, 11) is 0. The van der Waals surface area contributed by atoms with Crippen LogP contribution in [0.2, 0.25) is 5.15 Å². The second-order valence-corrected chi connectivity index (χ2v) is 4.56. The molecular formula is C15H10ClNO. The first-order valence-electron chi connectivity index (χ1n) is 5.69. The van der Waals surface area contributed by atoms with Gasteiger partial charge in [0.1, 0.15) is 11.4 Å². The van der Waals surface area contributed by atoms with Crippen LogP contribution in [0.25, 0.3) is 17.2 Å². The van der Waals surface area contributed by atoms with E-state index in [2.05, 4.69) is 11.1 Å². The predicted octanol–water partition coefficient (Wildman–Crippen LogP) is 3.78. The minimum Gasteiger partial charge on any atom is -0.298 e. The van der Waals surface area contributed by atoms with Crippen molar-refractivity contribution in [2.75, 3.05) is 0 Å². The molecule has 2 nitrogen and oxygen atoms in total. The van der Waals surface area contributed by atoms with Crippen LogP contribution >= 0.6 is 11.6 Å². The highest BCUT2D eigenvalue weighted by molar-refractivity contribution is 6.31. The smallest absolute Gasteiger partial charge is 0.150 e. The maximum Gasteiger partial charge on any atom is 0.150 e. The number of benzene rings is 1. The summed E-state index contributed by atoms with van der Waals surface area (Å²) in [6.07, 6.45) is 7.61. The minimum absolute atomic E-state index is 0.548. The van der Waals surface area contributed by atoms with Crippen molar-refractivity contribution >= 4 is 24.0 Å². The molecule has 3 rings (SSSR count). The summed E-state index contributed by atoms with van der Waals surface area (Å²) in [6.45, 7) is 0. The standard InChI is InChI=1S/C15H10ClNO/c16-15-13-3-1-2-12(13)14(8-17-15)11-6-4-10(9-18)5-7-11/h1,3-9H,2H2. The van der Waals surface area contributed by atoms with E-state index in [9.17, 15) is 4.79 Å². The lowest BCUT2D eigenvalue weighted by atomic mass is 9.98. The number of hydrogen-bond donors (Lipinski definition) is 0. The molecule has 0 fully saturated rings. The van der Waals surface area contributed by atoms with Gasteiger partial charge in [-0.25, -0.2) is 4.98 Å². The van der Waals surface area contributed by atoms with Crippen LogP contribution in [-0.4, -0.2) is 11.3 Å². The van der Waals surface area contributed by atoms with E-state index in [1.54, 1.807) is 6.20 Å². The van der Waals surface area contributed by atoms with E-state index in [1.807, 2.05) is 30.3 Å². The average Bonchev–Trinajstić information content (AvgIpc) is 2.90. The first kappa shape index (κ1) is 11.2. The van der Waals surface area contributed by atoms with E-state index in [0.717, 1.165) is 29.4 Å². The number of pyridine rings is 1. The summed E-state index contributed by atoms with van der Waals surface area (Å²) in [5, 5.41) is 0.548. The van der Waals surface area contributed by atoms with Gasteiger partial charge < -0.3 is 0 Å². The van der Waals surface area contributed by atoms with E-state index >= 15 is 0 Å². The summed E-state index contributed by atoms with van der Waals surface area (Å²) in [6, 6.07) is 7.50. The molecule has 1 aliphatic rings. The zero-order valence-electron chi connectivity index (χ0n) is 9.56. The molecule has 18 heavy (non-hydrogen) atoms. The van der Waals surface area contributed by atoms with Crippen molar-refractivity contribution in [2.24, 2.45) is 0 Å². The number of carbonyl (C=O) groups excluding carboxylic acids is 1. The molecule has 2 aromatic rings. The number of aldehydes is 1. The first-order valence-corrected chi connectivity index (χ1v) is 6.07. The molecule has 1 aliphatic carbocycles. The molecule has 0 N–H and O–H groups in total. The van der Waals surface area contributed by atoms with E-state index in [4.69, 9.17) is 11.6 Å². The third-order valence-electron chi connectivity index (χ3n) is 3.14. The highest BCUT2D eigenvalue weighted by Crippen LogP contribution is 2.33. The van der Waals surface area contributed by atoms with E-state index in [1.165, 1.54) is 5.56 Å². The summed E-state index contributed by atoms with van der Waals surface area (Å²) in [5.41, 5.74) is 5.03. The van der Waals surface area contributed by atoms with Crippen molar-refractivity contribution in [1.82, 2.24) is 4.98 Å². The van der Waals surface area contributed by atoms with Gasteiger partial charge in [-0.2, -0.15) is 0 Å². The van der Waals surface area contributed by atoms with Gasteiger partial charge in [0.25, 0.3) is 0 Å². The number of carbonyl (C=O) groups is 1. The van der Waals surface area contributed by atoms with Gasteiger partial charge >= 0.3 is 0 Å². The fourth-order valence-corrected chi connectivity index (χ4v) is 2.44. The van der Waals surface area contributed by atoms with Crippen LogP contribution in [-0.2, 0) is 6.42 Å². The Morgan fingerprint density at radius 3 is 2.72 bits per heavy atom. The Balaban J connectivity index is 2.12. The zero-order chi connectivity index (χ0) is 12.5. The molecule has 1 aromatic carbocycles. The van der Waals surface area contributed by atoms with Crippen LogP contribution in [0.3, 0.4) is 0 Å². The first-order chi connectivity index (χ1) is 8.79. The second-order valence-electron chi connectivity index (χ2n) is 4.20. The van der Waals surface area contributed by atoms with Crippen LogP contribution in [0.1, 0.15) is 21.5 Å². The minimum atomic E-state index is 0.548. The van der Waals surface area contributed by atoms with Crippen molar-refractivity contribution in [1.29, 1.82) is 0 Å². The fraction of sp³-hybridized carbons (Fsp3) is 0.0667. The Bertz CT molecular complexity index is 644. The highest BCUT2D eigenvalue weighted by atomic mass is 35.5. The molecule has 3 heteroatoms. The third kappa shape index (κ3) is 1.75. The molecule has 1 heterocycles. The van der Waals surface area contributed by atoms with Gasteiger partial charge in [0.15, 0.2) is 0 Å². The van der Waals surface area contributed by atoms with Gasteiger partial charge in [-0.05, 0) is 17.5 Å². The number of allylic oxidation sites excluding steroid dienone is 1. The molecule has 0 radical (unpaired) electrons. The zero-order valence-corrected chi connectivity index (χ0v) is 10.3. The largest absolute Gasteiger partial charge is 0.298 e. The quantitative estimate of drug-likeness (QED) is 0.604. The van der Waals surface area contributed by atoms with E-state index in [0.29, 0.717) is 10.7 Å². The molecule has 0 amide bonds. The van der Waals surface area contributed by atoms with Crippen LogP contribution in [0, 0.1) is 0 Å². The van der Waals surface area contributed by atoms with Crippen molar-refractivity contribution in [2.45, 2.75) is 6.42 Å². The Hall–Kier alpha value is -1.93. The molecular weight excluding hydrogens is 246 g/mol.